The van der Waals surface area contributed by atoms with Crippen LogP contribution in [0.5, 0.6) is 0 Å². The smallest absolute Gasteiger partial charge is 0.0721 e. The Labute approximate surface area is 215 Å². The molecule has 0 bridgehead atoms. The van der Waals surface area contributed by atoms with Gasteiger partial charge in [-0.3, -0.25) is 0 Å². The molecule has 0 atom stereocenters. The minimum atomic E-state index is 0.700. The van der Waals surface area contributed by atoms with E-state index in [1.807, 2.05) is 19.1 Å². The van der Waals surface area contributed by atoms with E-state index in [1.54, 1.807) is 0 Å². The first-order valence-electron chi connectivity index (χ1n) is 14.3. The van der Waals surface area contributed by atoms with E-state index >= 15 is 0 Å². The number of aryl methyl sites for hydroxylation is 2. The molecule has 0 amide bonds. The molecule has 0 heterocycles. The zero-order valence-electron chi connectivity index (χ0n) is 22.4. The van der Waals surface area contributed by atoms with Gasteiger partial charge in [0, 0.05) is 0 Å². The predicted octanol–water partition coefficient (Wildman–Crippen LogP) is 9.44. The minimum Gasteiger partial charge on any atom is -0.373 e. The monoisotopic (exact) mass is 472 g/mol. The molecule has 2 aromatic rings. The van der Waals surface area contributed by atoms with Crippen molar-refractivity contribution in [2.24, 2.45) is 11.8 Å². The fourth-order valence-corrected chi connectivity index (χ4v) is 5.31. The third kappa shape index (κ3) is 11.0. The molecule has 0 radical (unpaired) electrons. The quantitative estimate of drug-likeness (QED) is 0.185. The Bertz CT molecular complexity index is 850. The maximum Gasteiger partial charge on any atom is 0.0721 e. The summed E-state index contributed by atoms with van der Waals surface area (Å²) < 4.78 is 5.64. The third-order valence-corrected chi connectivity index (χ3v) is 7.66. The van der Waals surface area contributed by atoms with Crippen LogP contribution in [0.15, 0.2) is 72.8 Å². The van der Waals surface area contributed by atoms with Gasteiger partial charge in [-0.2, -0.15) is 0 Å². The van der Waals surface area contributed by atoms with Crippen LogP contribution in [0.2, 0.25) is 0 Å². The first-order chi connectivity index (χ1) is 17.3. The van der Waals surface area contributed by atoms with Crippen molar-refractivity contribution in [1.29, 1.82) is 0 Å². The Balaban J connectivity index is 1.24. The Morgan fingerprint density at radius 1 is 0.686 bits per heavy atom. The average molecular weight is 473 g/mol. The summed E-state index contributed by atoms with van der Waals surface area (Å²) in [6.07, 6.45) is 24.6. The lowest BCUT2D eigenvalue weighted by molar-refractivity contribution is 0.148. The molecule has 1 saturated carbocycles. The molecule has 1 aliphatic carbocycles. The molecule has 1 heteroatoms. The van der Waals surface area contributed by atoms with Crippen LogP contribution in [0.25, 0.3) is 0 Å². The first kappa shape index (κ1) is 27.5. The van der Waals surface area contributed by atoms with Crippen LogP contribution in [0.4, 0.5) is 0 Å². The van der Waals surface area contributed by atoms with Gasteiger partial charge in [-0.25, -0.2) is 0 Å². The molecule has 1 aliphatic rings. The molecule has 0 aromatic heterocycles. The second-order valence-electron chi connectivity index (χ2n) is 10.5. The van der Waals surface area contributed by atoms with E-state index in [2.05, 4.69) is 67.6 Å². The summed E-state index contributed by atoms with van der Waals surface area (Å²) in [5.74, 6) is 1.91. The van der Waals surface area contributed by atoms with Gasteiger partial charge in [0.2, 0.25) is 0 Å². The van der Waals surface area contributed by atoms with E-state index in [0.717, 1.165) is 24.7 Å². The Morgan fingerprint density at radius 2 is 1.29 bits per heavy atom. The molecule has 0 N–H and O–H groups in total. The molecule has 190 valence electrons. The zero-order valence-corrected chi connectivity index (χ0v) is 22.4. The Morgan fingerprint density at radius 3 is 1.94 bits per heavy atom. The van der Waals surface area contributed by atoms with Gasteiger partial charge in [0.15, 0.2) is 0 Å². The molecule has 1 nitrogen and oxygen atoms in total. The number of allylic oxidation sites excluding steroid dienone is 3. The summed E-state index contributed by atoms with van der Waals surface area (Å²) in [6, 6.07) is 18.4. The fraction of sp³-hybridized carbons (Fsp3) is 0.529. The molecule has 2 aromatic carbocycles. The van der Waals surface area contributed by atoms with Crippen LogP contribution >= 0.6 is 0 Å². The van der Waals surface area contributed by atoms with Gasteiger partial charge in [-0.15, -0.1) is 0 Å². The van der Waals surface area contributed by atoms with Crippen molar-refractivity contribution in [3.05, 3.63) is 95.1 Å². The normalized spacial score (nSPS) is 18.6. The van der Waals surface area contributed by atoms with E-state index in [1.165, 1.54) is 86.5 Å². The van der Waals surface area contributed by atoms with Gasteiger partial charge in [-0.05, 0) is 79.5 Å². The summed E-state index contributed by atoms with van der Waals surface area (Å²) in [5.41, 5.74) is 5.69. The lowest BCUT2D eigenvalue weighted by atomic mass is 9.77. The summed E-state index contributed by atoms with van der Waals surface area (Å²) in [7, 11) is 0. The maximum absolute atomic E-state index is 5.64. The molecule has 0 aliphatic heterocycles. The molecular weight excluding hydrogens is 424 g/mol. The van der Waals surface area contributed by atoms with E-state index < -0.39 is 0 Å². The summed E-state index contributed by atoms with van der Waals surface area (Å²) in [5, 5.41) is 0. The van der Waals surface area contributed by atoms with Gasteiger partial charge in [0.25, 0.3) is 0 Å². The maximum atomic E-state index is 5.64. The van der Waals surface area contributed by atoms with Crippen molar-refractivity contribution in [2.75, 3.05) is 6.61 Å². The van der Waals surface area contributed by atoms with Gasteiger partial charge >= 0.3 is 0 Å². The van der Waals surface area contributed by atoms with Crippen molar-refractivity contribution in [3.63, 3.8) is 0 Å². The Kier molecular flexibility index (Phi) is 13.0. The van der Waals surface area contributed by atoms with E-state index in [9.17, 15) is 0 Å². The summed E-state index contributed by atoms with van der Waals surface area (Å²) in [4.78, 5) is 0. The van der Waals surface area contributed by atoms with Crippen molar-refractivity contribution < 1.29 is 4.74 Å². The van der Waals surface area contributed by atoms with Crippen molar-refractivity contribution in [2.45, 2.75) is 97.5 Å². The van der Waals surface area contributed by atoms with Crippen LogP contribution in [0.1, 0.15) is 93.9 Å². The number of rotatable bonds is 15. The van der Waals surface area contributed by atoms with Crippen LogP contribution in [-0.2, 0) is 30.6 Å². The highest BCUT2D eigenvalue weighted by molar-refractivity contribution is 5.24. The van der Waals surface area contributed by atoms with E-state index in [4.69, 9.17) is 4.74 Å². The molecule has 3 rings (SSSR count). The molecule has 1 fully saturated rings. The van der Waals surface area contributed by atoms with Crippen LogP contribution in [0, 0.1) is 11.8 Å². The average Bonchev–Trinajstić information content (AvgIpc) is 2.90. The van der Waals surface area contributed by atoms with Crippen molar-refractivity contribution >= 4 is 0 Å². The Hall–Kier alpha value is -2.12. The van der Waals surface area contributed by atoms with Gasteiger partial charge in [0.05, 0.1) is 13.2 Å². The topological polar surface area (TPSA) is 9.23 Å². The number of hydrogen-bond donors (Lipinski definition) is 0. The fourth-order valence-electron chi connectivity index (χ4n) is 5.31. The van der Waals surface area contributed by atoms with Crippen LogP contribution in [-0.4, -0.2) is 6.61 Å². The lowest BCUT2D eigenvalue weighted by Gasteiger charge is -2.28. The zero-order chi connectivity index (χ0) is 24.6. The molecule has 35 heavy (non-hydrogen) atoms. The van der Waals surface area contributed by atoms with Gasteiger partial charge in [-0.1, -0.05) is 118 Å². The summed E-state index contributed by atoms with van der Waals surface area (Å²) in [6.45, 7) is 5.62. The van der Waals surface area contributed by atoms with E-state index in [-0.39, 0.29) is 0 Å². The second kappa shape index (κ2) is 16.5. The molecular formula is C34H48O. The lowest BCUT2D eigenvalue weighted by Crippen LogP contribution is -2.15. The largest absolute Gasteiger partial charge is 0.373 e. The highest BCUT2D eigenvalue weighted by Crippen LogP contribution is 2.34. The first-order valence-corrected chi connectivity index (χ1v) is 14.3. The second-order valence-corrected chi connectivity index (χ2v) is 10.5. The highest BCUT2D eigenvalue weighted by atomic mass is 16.5. The van der Waals surface area contributed by atoms with Gasteiger partial charge in [0.1, 0.15) is 0 Å². The number of hydrogen-bond acceptors (Lipinski definition) is 1. The summed E-state index contributed by atoms with van der Waals surface area (Å²) >= 11 is 0. The number of ether oxygens (including phenoxy) is 1. The third-order valence-electron chi connectivity index (χ3n) is 7.66. The molecule has 0 spiro atoms. The highest BCUT2D eigenvalue weighted by Gasteiger charge is 2.20. The minimum absolute atomic E-state index is 0.700. The van der Waals surface area contributed by atoms with Crippen LogP contribution in [0.3, 0.4) is 0 Å². The SMILES string of the molecule is CC=CCOCc1ccc(CCCCC2CCC(CCc3ccc(C/C=C/CC)cc3)CC2)cc1. The molecule has 0 unspecified atom stereocenters. The van der Waals surface area contributed by atoms with E-state index in [0.29, 0.717) is 13.2 Å². The number of benzene rings is 2. The van der Waals surface area contributed by atoms with Crippen LogP contribution < -0.4 is 0 Å². The standard InChI is InChI=1S/C34H48O/c1-3-5-7-10-29-13-17-32(18-14-29)21-22-33-19-15-30(16-20-33)11-8-9-12-31-23-25-34(26-24-31)28-35-27-6-4-2/h4-7,13-14,17-18,23-26,30,33H,3,8-12,15-16,19-22,27-28H2,1-2H3/b6-4?,7-5+. The number of unbranched alkanes of at least 4 members (excludes halogenated alkanes) is 1. The predicted molar refractivity (Wildman–Crippen MR) is 152 cm³/mol. The van der Waals surface area contributed by atoms with Gasteiger partial charge < -0.3 is 4.74 Å². The molecule has 0 saturated heterocycles. The van der Waals surface area contributed by atoms with Crippen molar-refractivity contribution in [3.8, 4) is 0 Å². The van der Waals surface area contributed by atoms with Crippen molar-refractivity contribution in [1.82, 2.24) is 0 Å².